The topological polar surface area (TPSA) is 30.0 Å². The van der Waals surface area contributed by atoms with Crippen LogP contribution < -0.4 is 0 Å². The van der Waals surface area contributed by atoms with Crippen molar-refractivity contribution in [1.29, 1.82) is 0 Å². The van der Waals surface area contributed by atoms with Crippen LogP contribution in [0.25, 0.3) is 0 Å². The van der Waals surface area contributed by atoms with Crippen LogP contribution in [-0.4, -0.2) is 14.9 Å². The Hall–Kier alpha value is -0.960. The second kappa shape index (κ2) is 4.33. The van der Waals surface area contributed by atoms with Gasteiger partial charge in [0.1, 0.15) is 5.03 Å². The minimum atomic E-state index is -1.03. The minimum Gasteiger partial charge on any atom is -0.252 e. The SMILES string of the molecule is C=C(C)CS(=O)c1ccc(C)cn1. The Bertz CT molecular complexity index is 329. The third-order valence-electron chi connectivity index (χ3n) is 1.49. The van der Waals surface area contributed by atoms with Crippen molar-refractivity contribution < 1.29 is 4.21 Å². The molecule has 0 saturated carbocycles. The summed E-state index contributed by atoms with van der Waals surface area (Å²) in [5, 5.41) is 0.633. The predicted octanol–water partition coefficient (Wildman–Crippen LogP) is 2.07. The zero-order chi connectivity index (χ0) is 9.84. The van der Waals surface area contributed by atoms with E-state index in [4.69, 9.17) is 0 Å². The molecular formula is C10H13NOS. The van der Waals surface area contributed by atoms with Crippen LogP contribution in [0.4, 0.5) is 0 Å². The fourth-order valence-corrected chi connectivity index (χ4v) is 1.87. The third-order valence-corrected chi connectivity index (χ3v) is 2.96. The number of hydrogen-bond donors (Lipinski definition) is 0. The van der Waals surface area contributed by atoms with E-state index >= 15 is 0 Å². The largest absolute Gasteiger partial charge is 0.252 e. The zero-order valence-corrected chi connectivity index (χ0v) is 8.73. The second-order valence-electron chi connectivity index (χ2n) is 3.12. The van der Waals surface area contributed by atoms with Gasteiger partial charge < -0.3 is 0 Å². The quantitative estimate of drug-likeness (QED) is 0.691. The Balaban J connectivity index is 2.78. The van der Waals surface area contributed by atoms with Gasteiger partial charge in [0.15, 0.2) is 0 Å². The summed E-state index contributed by atoms with van der Waals surface area (Å²) < 4.78 is 11.6. The molecule has 0 radical (unpaired) electrons. The van der Waals surface area contributed by atoms with Gasteiger partial charge in [-0.25, -0.2) is 4.98 Å². The molecule has 70 valence electrons. The summed E-state index contributed by atoms with van der Waals surface area (Å²) in [4.78, 5) is 4.09. The molecule has 0 saturated heterocycles. The van der Waals surface area contributed by atoms with Crippen LogP contribution in [0, 0.1) is 6.92 Å². The van der Waals surface area contributed by atoms with Gasteiger partial charge in [-0.15, -0.1) is 0 Å². The van der Waals surface area contributed by atoms with Gasteiger partial charge in [-0.05, 0) is 25.5 Å². The van der Waals surface area contributed by atoms with Gasteiger partial charge in [0, 0.05) is 6.20 Å². The lowest BCUT2D eigenvalue weighted by atomic mass is 10.3. The van der Waals surface area contributed by atoms with Gasteiger partial charge in [0.25, 0.3) is 0 Å². The molecule has 0 spiro atoms. The number of rotatable bonds is 3. The normalized spacial score (nSPS) is 12.5. The molecule has 1 atom stereocenters. The highest BCUT2D eigenvalue weighted by atomic mass is 32.2. The van der Waals surface area contributed by atoms with Crippen molar-refractivity contribution in [3.63, 3.8) is 0 Å². The van der Waals surface area contributed by atoms with Crippen LogP contribution in [-0.2, 0) is 10.8 Å². The first-order chi connectivity index (χ1) is 6.09. The molecule has 1 unspecified atom stereocenters. The number of aromatic nitrogens is 1. The van der Waals surface area contributed by atoms with Crippen molar-refractivity contribution in [3.05, 3.63) is 36.0 Å². The summed E-state index contributed by atoms with van der Waals surface area (Å²) in [6.07, 6.45) is 1.73. The van der Waals surface area contributed by atoms with Crippen molar-refractivity contribution in [1.82, 2.24) is 4.98 Å². The van der Waals surface area contributed by atoms with Gasteiger partial charge in [0.05, 0.1) is 16.6 Å². The Morgan fingerprint density at radius 2 is 2.31 bits per heavy atom. The fourth-order valence-electron chi connectivity index (χ4n) is 0.887. The third kappa shape index (κ3) is 3.11. The van der Waals surface area contributed by atoms with Crippen LogP contribution in [0.2, 0.25) is 0 Å². The lowest BCUT2D eigenvalue weighted by molar-refractivity contribution is 0.681. The fraction of sp³-hybridized carbons (Fsp3) is 0.300. The van der Waals surface area contributed by atoms with E-state index in [0.29, 0.717) is 10.8 Å². The highest BCUT2D eigenvalue weighted by Crippen LogP contribution is 2.06. The first kappa shape index (κ1) is 10.1. The Morgan fingerprint density at radius 1 is 1.62 bits per heavy atom. The van der Waals surface area contributed by atoms with Crippen LogP contribution in [0.3, 0.4) is 0 Å². The molecule has 1 aromatic heterocycles. The van der Waals surface area contributed by atoms with Crippen molar-refractivity contribution in [2.75, 3.05) is 5.75 Å². The van der Waals surface area contributed by atoms with E-state index in [1.165, 1.54) is 0 Å². The van der Waals surface area contributed by atoms with E-state index < -0.39 is 10.8 Å². The Morgan fingerprint density at radius 3 is 2.77 bits per heavy atom. The monoisotopic (exact) mass is 195 g/mol. The molecule has 13 heavy (non-hydrogen) atoms. The molecule has 1 aromatic rings. The van der Waals surface area contributed by atoms with E-state index in [2.05, 4.69) is 11.6 Å². The van der Waals surface area contributed by atoms with Crippen LogP contribution in [0.15, 0.2) is 35.5 Å². The summed E-state index contributed by atoms with van der Waals surface area (Å²) >= 11 is 0. The smallest absolute Gasteiger partial charge is 0.127 e. The molecule has 0 fully saturated rings. The summed E-state index contributed by atoms with van der Waals surface area (Å²) in [7, 11) is -1.03. The highest BCUT2D eigenvalue weighted by molar-refractivity contribution is 7.85. The summed E-state index contributed by atoms with van der Waals surface area (Å²) in [5.74, 6) is 0.496. The molecule has 3 heteroatoms. The minimum absolute atomic E-state index is 0.496. The van der Waals surface area contributed by atoms with E-state index in [-0.39, 0.29) is 0 Å². The maximum Gasteiger partial charge on any atom is 0.127 e. The molecule has 0 aliphatic rings. The van der Waals surface area contributed by atoms with Crippen molar-refractivity contribution >= 4 is 10.8 Å². The van der Waals surface area contributed by atoms with Gasteiger partial charge in [-0.1, -0.05) is 18.2 Å². The summed E-state index contributed by atoms with van der Waals surface area (Å²) in [6.45, 7) is 7.54. The lowest BCUT2D eigenvalue weighted by Gasteiger charge is -2.00. The average Bonchev–Trinajstić information content (AvgIpc) is 2.04. The Kier molecular flexibility index (Phi) is 3.37. The van der Waals surface area contributed by atoms with Gasteiger partial charge >= 0.3 is 0 Å². The zero-order valence-electron chi connectivity index (χ0n) is 7.91. The summed E-state index contributed by atoms with van der Waals surface area (Å²) in [5.41, 5.74) is 2.00. The molecule has 1 heterocycles. The molecule has 0 N–H and O–H groups in total. The number of aryl methyl sites for hydroxylation is 1. The van der Waals surface area contributed by atoms with Gasteiger partial charge in [0.2, 0.25) is 0 Å². The van der Waals surface area contributed by atoms with Crippen molar-refractivity contribution in [3.8, 4) is 0 Å². The molecule has 0 bridgehead atoms. The maximum atomic E-state index is 11.6. The first-order valence-corrected chi connectivity index (χ1v) is 5.37. The maximum absolute atomic E-state index is 11.6. The molecule has 0 aliphatic heterocycles. The molecule has 1 rings (SSSR count). The molecule has 2 nitrogen and oxygen atoms in total. The van der Waals surface area contributed by atoms with Gasteiger partial charge in [-0.3, -0.25) is 4.21 Å². The molecule has 0 aliphatic carbocycles. The molecule has 0 aromatic carbocycles. The van der Waals surface area contributed by atoms with Crippen LogP contribution >= 0.6 is 0 Å². The van der Waals surface area contributed by atoms with E-state index in [9.17, 15) is 4.21 Å². The van der Waals surface area contributed by atoms with E-state index in [1.54, 1.807) is 12.3 Å². The molecular weight excluding hydrogens is 182 g/mol. The number of hydrogen-bond acceptors (Lipinski definition) is 2. The lowest BCUT2D eigenvalue weighted by Crippen LogP contribution is -2.00. The van der Waals surface area contributed by atoms with Crippen molar-refractivity contribution in [2.24, 2.45) is 0 Å². The van der Waals surface area contributed by atoms with Gasteiger partial charge in [-0.2, -0.15) is 0 Å². The van der Waals surface area contributed by atoms with Crippen LogP contribution in [0.1, 0.15) is 12.5 Å². The average molecular weight is 195 g/mol. The van der Waals surface area contributed by atoms with Crippen molar-refractivity contribution in [2.45, 2.75) is 18.9 Å². The number of nitrogens with zero attached hydrogens (tertiary/aromatic N) is 1. The predicted molar refractivity (Wildman–Crippen MR) is 55.1 cm³/mol. The first-order valence-electron chi connectivity index (χ1n) is 4.05. The molecule has 0 amide bonds. The Labute approximate surface area is 81.2 Å². The summed E-state index contributed by atoms with van der Waals surface area (Å²) in [6, 6.07) is 3.72. The highest BCUT2D eigenvalue weighted by Gasteiger charge is 2.04. The van der Waals surface area contributed by atoms with E-state index in [1.807, 2.05) is 19.9 Å². The second-order valence-corrected chi connectivity index (χ2v) is 4.52. The van der Waals surface area contributed by atoms with Crippen LogP contribution in [0.5, 0.6) is 0 Å². The number of pyridine rings is 1. The standard InChI is InChI=1S/C10H13NOS/c1-8(2)7-13(12)10-5-4-9(3)6-11-10/h4-6H,1,7H2,2-3H3. The van der Waals surface area contributed by atoms with E-state index in [0.717, 1.165) is 11.1 Å².